The van der Waals surface area contributed by atoms with Crippen molar-refractivity contribution in [2.45, 2.75) is 58.3 Å². The normalized spacial score (nSPS) is 15.9. The van der Waals surface area contributed by atoms with Crippen LogP contribution in [0.1, 0.15) is 57.6 Å². The minimum Gasteiger partial charge on any atom is -0.492 e. The first-order valence-corrected chi connectivity index (χ1v) is 8.10. The molecule has 0 radical (unpaired) electrons. The van der Waals surface area contributed by atoms with Gasteiger partial charge in [-0.05, 0) is 50.4 Å². The Bertz CT molecular complexity index is 425. The Morgan fingerprint density at radius 1 is 1.15 bits per heavy atom. The molecule has 0 bridgehead atoms. The fourth-order valence-corrected chi connectivity index (χ4v) is 2.78. The van der Waals surface area contributed by atoms with Crippen LogP contribution in [-0.2, 0) is 11.8 Å². The summed E-state index contributed by atoms with van der Waals surface area (Å²) in [6, 6.07) is 6.75. The highest BCUT2D eigenvalue weighted by Gasteiger charge is 2.31. The van der Waals surface area contributed by atoms with Gasteiger partial charge in [0.1, 0.15) is 5.75 Å². The molecule has 1 N–H and O–H groups in total. The largest absolute Gasteiger partial charge is 0.492 e. The van der Waals surface area contributed by atoms with Crippen molar-refractivity contribution in [1.29, 1.82) is 0 Å². The SMILES string of the molecule is CCCNCCCCCc1ccc2c(c1)C(C)(C)CO2. The van der Waals surface area contributed by atoms with Crippen LogP contribution in [0.2, 0.25) is 0 Å². The third-order valence-electron chi connectivity index (χ3n) is 4.11. The van der Waals surface area contributed by atoms with Crippen LogP contribution in [0.5, 0.6) is 5.75 Å². The number of benzene rings is 1. The third-order valence-corrected chi connectivity index (χ3v) is 4.11. The van der Waals surface area contributed by atoms with Crippen molar-refractivity contribution in [1.82, 2.24) is 5.32 Å². The van der Waals surface area contributed by atoms with Gasteiger partial charge in [0.25, 0.3) is 0 Å². The van der Waals surface area contributed by atoms with Crippen molar-refractivity contribution in [3.8, 4) is 5.75 Å². The molecular formula is C18H29NO. The number of unbranched alkanes of at least 4 members (excludes halogenated alkanes) is 2. The highest BCUT2D eigenvalue weighted by molar-refractivity contribution is 5.45. The molecule has 1 aliphatic rings. The Morgan fingerprint density at radius 2 is 2.00 bits per heavy atom. The van der Waals surface area contributed by atoms with Gasteiger partial charge in [0.15, 0.2) is 0 Å². The molecule has 1 aliphatic heterocycles. The number of aryl methyl sites for hydroxylation is 1. The summed E-state index contributed by atoms with van der Waals surface area (Å²) in [4.78, 5) is 0. The van der Waals surface area contributed by atoms with Gasteiger partial charge in [0.05, 0.1) is 6.61 Å². The molecule has 0 spiro atoms. The van der Waals surface area contributed by atoms with Crippen LogP contribution >= 0.6 is 0 Å². The minimum absolute atomic E-state index is 0.176. The molecule has 0 saturated heterocycles. The van der Waals surface area contributed by atoms with E-state index in [0.717, 1.165) is 18.9 Å². The Labute approximate surface area is 123 Å². The van der Waals surface area contributed by atoms with Gasteiger partial charge in [-0.25, -0.2) is 0 Å². The van der Waals surface area contributed by atoms with Gasteiger partial charge in [-0.3, -0.25) is 0 Å². The highest BCUT2D eigenvalue weighted by Crippen LogP contribution is 2.38. The Hall–Kier alpha value is -1.02. The van der Waals surface area contributed by atoms with Gasteiger partial charge in [0.2, 0.25) is 0 Å². The van der Waals surface area contributed by atoms with Crippen molar-refractivity contribution in [2.75, 3.05) is 19.7 Å². The van der Waals surface area contributed by atoms with E-state index in [1.165, 1.54) is 49.8 Å². The molecule has 0 amide bonds. The minimum atomic E-state index is 0.176. The topological polar surface area (TPSA) is 21.3 Å². The Balaban J connectivity index is 1.75. The van der Waals surface area contributed by atoms with E-state index in [2.05, 4.69) is 44.3 Å². The number of fused-ring (bicyclic) bond motifs is 1. The molecule has 1 heterocycles. The van der Waals surface area contributed by atoms with E-state index in [1.54, 1.807) is 0 Å². The van der Waals surface area contributed by atoms with Crippen molar-refractivity contribution in [3.63, 3.8) is 0 Å². The van der Waals surface area contributed by atoms with E-state index < -0.39 is 0 Å². The van der Waals surface area contributed by atoms with Gasteiger partial charge in [-0.1, -0.05) is 39.3 Å². The first-order chi connectivity index (χ1) is 9.63. The van der Waals surface area contributed by atoms with Crippen LogP contribution < -0.4 is 10.1 Å². The molecule has 0 aliphatic carbocycles. The lowest BCUT2D eigenvalue weighted by Gasteiger charge is -2.15. The van der Waals surface area contributed by atoms with Crippen LogP contribution in [-0.4, -0.2) is 19.7 Å². The van der Waals surface area contributed by atoms with Crippen molar-refractivity contribution in [2.24, 2.45) is 0 Å². The molecule has 2 heteroatoms. The summed E-state index contributed by atoms with van der Waals surface area (Å²) in [6.45, 7) is 9.88. The van der Waals surface area contributed by atoms with Crippen molar-refractivity contribution >= 4 is 0 Å². The second-order valence-corrected chi connectivity index (χ2v) is 6.56. The maximum atomic E-state index is 5.74. The number of nitrogens with one attached hydrogen (secondary N) is 1. The van der Waals surface area contributed by atoms with Crippen LogP contribution in [0, 0.1) is 0 Å². The molecule has 20 heavy (non-hydrogen) atoms. The van der Waals surface area contributed by atoms with E-state index in [-0.39, 0.29) is 5.41 Å². The summed E-state index contributed by atoms with van der Waals surface area (Å²) in [5.41, 5.74) is 3.03. The monoisotopic (exact) mass is 275 g/mol. The maximum Gasteiger partial charge on any atom is 0.123 e. The van der Waals surface area contributed by atoms with E-state index >= 15 is 0 Å². The van der Waals surface area contributed by atoms with Crippen LogP contribution in [0.4, 0.5) is 0 Å². The summed E-state index contributed by atoms with van der Waals surface area (Å²) >= 11 is 0. The predicted octanol–water partition coefficient (Wildman–Crippen LogP) is 4.07. The summed E-state index contributed by atoms with van der Waals surface area (Å²) in [7, 11) is 0. The number of hydrogen-bond donors (Lipinski definition) is 1. The molecule has 0 atom stereocenters. The second-order valence-electron chi connectivity index (χ2n) is 6.56. The summed E-state index contributed by atoms with van der Waals surface area (Å²) < 4.78 is 5.74. The molecule has 0 fully saturated rings. The van der Waals surface area contributed by atoms with Gasteiger partial charge >= 0.3 is 0 Å². The number of rotatable bonds is 8. The molecule has 1 aromatic rings. The summed E-state index contributed by atoms with van der Waals surface area (Å²) in [6.07, 6.45) is 6.31. The summed E-state index contributed by atoms with van der Waals surface area (Å²) in [5, 5.41) is 3.46. The smallest absolute Gasteiger partial charge is 0.123 e. The molecular weight excluding hydrogens is 246 g/mol. The van der Waals surface area contributed by atoms with Gasteiger partial charge in [-0.2, -0.15) is 0 Å². The van der Waals surface area contributed by atoms with Crippen LogP contribution in [0.15, 0.2) is 18.2 Å². The maximum absolute atomic E-state index is 5.74. The zero-order chi connectivity index (χ0) is 14.4. The second kappa shape index (κ2) is 7.12. The zero-order valence-corrected chi connectivity index (χ0v) is 13.3. The standard InChI is InChI=1S/C18H29NO/c1-4-11-19-12-7-5-6-8-15-9-10-17-16(13-15)18(2,3)14-20-17/h9-10,13,19H,4-8,11-12,14H2,1-3H3. The lowest BCUT2D eigenvalue weighted by molar-refractivity contribution is 0.291. The Kier molecular flexibility index (Phi) is 5.47. The van der Waals surface area contributed by atoms with Crippen LogP contribution in [0.3, 0.4) is 0 Å². The fraction of sp³-hybridized carbons (Fsp3) is 0.667. The van der Waals surface area contributed by atoms with Crippen molar-refractivity contribution in [3.05, 3.63) is 29.3 Å². The molecule has 2 rings (SSSR count). The predicted molar refractivity (Wildman–Crippen MR) is 85.7 cm³/mol. The molecule has 0 aromatic heterocycles. The van der Waals surface area contributed by atoms with Gasteiger partial charge in [-0.15, -0.1) is 0 Å². The average molecular weight is 275 g/mol. The highest BCUT2D eigenvalue weighted by atomic mass is 16.5. The zero-order valence-electron chi connectivity index (χ0n) is 13.3. The fourth-order valence-electron chi connectivity index (χ4n) is 2.78. The molecule has 0 unspecified atom stereocenters. The Morgan fingerprint density at radius 3 is 2.80 bits per heavy atom. The molecule has 2 nitrogen and oxygen atoms in total. The molecule has 112 valence electrons. The van der Waals surface area contributed by atoms with E-state index in [1.807, 2.05) is 0 Å². The van der Waals surface area contributed by atoms with E-state index in [4.69, 9.17) is 4.74 Å². The summed E-state index contributed by atoms with van der Waals surface area (Å²) in [5.74, 6) is 1.09. The molecule has 1 aromatic carbocycles. The quantitative estimate of drug-likeness (QED) is 0.722. The first-order valence-electron chi connectivity index (χ1n) is 8.10. The lowest BCUT2D eigenvalue weighted by Crippen LogP contribution is -2.18. The van der Waals surface area contributed by atoms with Crippen LogP contribution in [0.25, 0.3) is 0 Å². The third kappa shape index (κ3) is 3.99. The first kappa shape index (κ1) is 15.4. The lowest BCUT2D eigenvalue weighted by atomic mass is 9.86. The van der Waals surface area contributed by atoms with Gasteiger partial charge < -0.3 is 10.1 Å². The number of hydrogen-bond acceptors (Lipinski definition) is 2. The average Bonchev–Trinajstić information content (AvgIpc) is 2.74. The number of ether oxygens (including phenoxy) is 1. The van der Waals surface area contributed by atoms with E-state index in [9.17, 15) is 0 Å². The van der Waals surface area contributed by atoms with E-state index in [0.29, 0.717) is 0 Å². The van der Waals surface area contributed by atoms with Gasteiger partial charge in [0, 0.05) is 11.0 Å². The van der Waals surface area contributed by atoms with Crippen molar-refractivity contribution < 1.29 is 4.74 Å². The molecule has 0 saturated carbocycles.